The Labute approximate surface area is 163 Å². The standard InChI is InChI=1S/C19H20F2N2O3.C2H6/c20-17-6-3-14(9-18(17)21)22-15-7-8-23(10-15)19(25)12-26-16-4-1-13(11-24)2-5-16;1-2/h1-6,9,15,22,24H,7-8,10-12H2;1-2H3. The van der Waals surface area contributed by atoms with Crippen molar-refractivity contribution < 1.29 is 23.4 Å². The van der Waals surface area contributed by atoms with Crippen LogP contribution in [-0.4, -0.2) is 41.7 Å². The number of anilines is 1. The zero-order chi connectivity index (χ0) is 20.5. The molecule has 2 aromatic carbocycles. The van der Waals surface area contributed by atoms with Gasteiger partial charge in [0.05, 0.1) is 6.61 Å². The van der Waals surface area contributed by atoms with Crippen molar-refractivity contribution in [2.45, 2.75) is 32.9 Å². The highest BCUT2D eigenvalue weighted by molar-refractivity contribution is 5.78. The largest absolute Gasteiger partial charge is 0.484 e. The zero-order valence-corrected chi connectivity index (χ0v) is 16.1. The van der Waals surface area contributed by atoms with Gasteiger partial charge in [-0.25, -0.2) is 8.78 Å². The molecule has 1 aliphatic heterocycles. The molecule has 2 N–H and O–H groups in total. The first-order valence-electron chi connectivity index (χ1n) is 9.37. The molecule has 1 amide bonds. The van der Waals surface area contributed by atoms with Crippen LogP contribution in [0, 0.1) is 11.6 Å². The number of amides is 1. The molecule has 0 aliphatic carbocycles. The second-order valence-electron chi connectivity index (χ2n) is 6.19. The first-order valence-corrected chi connectivity index (χ1v) is 9.37. The molecule has 1 saturated heterocycles. The van der Waals surface area contributed by atoms with Crippen molar-refractivity contribution in [1.82, 2.24) is 4.90 Å². The molecule has 0 saturated carbocycles. The second kappa shape index (κ2) is 10.6. The van der Waals surface area contributed by atoms with E-state index in [1.165, 1.54) is 6.07 Å². The van der Waals surface area contributed by atoms with Crippen LogP contribution in [-0.2, 0) is 11.4 Å². The molecule has 1 aliphatic rings. The number of nitrogens with one attached hydrogen (secondary N) is 1. The van der Waals surface area contributed by atoms with Crippen LogP contribution in [0.3, 0.4) is 0 Å². The van der Waals surface area contributed by atoms with Crippen molar-refractivity contribution in [3.05, 3.63) is 59.7 Å². The number of likely N-dealkylation sites (tertiary alicyclic amines) is 1. The van der Waals surface area contributed by atoms with Gasteiger partial charge in [0.2, 0.25) is 0 Å². The van der Waals surface area contributed by atoms with E-state index in [1.54, 1.807) is 29.2 Å². The van der Waals surface area contributed by atoms with Gasteiger partial charge in [0.25, 0.3) is 5.91 Å². The predicted octanol–water partition coefficient (Wildman–Crippen LogP) is 3.58. The van der Waals surface area contributed by atoms with E-state index >= 15 is 0 Å². The van der Waals surface area contributed by atoms with E-state index < -0.39 is 11.6 Å². The third kappa shape index (κ3) is 5.92. The van der Waals surface area contributed by atoms with Gasteiger partial charge in [-0.3, -0.25) is 4.79 Å². The van der Waals surface area contributed by atoms with Crippen molar-refractivity contribution in [1.29, 1.82) is 0 Å². The Hall–Kier alpha value is -2.67. The molecule has 152 valence electrons. The molecule has 1 unspecified atom stereocenters. The van der Waals surface area contributed by atoms with Gasteiger partial charge in [-0.2, -0.15) is 0 Å². The molecule has 0 radical (unpaired) electrons. The highest BCUT2D eigenvalue weighted by Gasteiger charge is 2.26. The summed E-state index contributed by atoms with van der Waals surface area (Å²) in [5, 5.41) is 12.1. The number of rotatable bonds is 6. The van der Waals surface area contributed by atoms with Gasteiger partial charge < -0.3 is 20.1 Å². The minimum Gasteiger partial charge on any atom is -0.484 e. The Kier molecular flexibility index (Phi) is 8.19. The summed E-state index contributed by atoms with van der Waals surface area (Å²) >= 11 is 0. The molecule has 0 bridgehead atoms. The molecule has 1 heterocycles. The summed E-state index contributed by atoms with van der Waals surface area (Å²) in [5.74, 6) is -1.36. The van der Waals surface area contributed by atoms with Gasteiger partial charge in [0.1, 0.15) is 5.75 Å². The van der Waals surface area contributed by atoms with E-state index in [0.717, 1.165) is 24.1 Å². The number of aliphatic hydroxyl groups excluding tert-OH is 1. The number of ether oxygens (including phenoxy) is 1. The topological polar surface area (TPSA) is 61.8 Å². The smallest absolute Gasteiger partial charge is 0.260 e. The van der Waals surface area contributed by atoms with Gasteiger partial charge in [0.15, 0.2) is 18.2 Å². The molecule has 5 nitrogen and oxygen atoms in total. The lowest BCUT2D eigenvalue weighted by Gasteiger charge is -2.18. The van der Waals surface area contributed by atoms with Crippen LogP contribution in [0.5, 0.6) is 5.75 Å². The molecule has 2 aromatic rings. The molecular formula is C21H26F2N2O3. The third-order valence-electron chi connectivity index (χ3n) is 4.30. The monoisotopic (exact) mass is 392 g/mol. The highest BCUT2D eigenvalue weighted by atomic mass is 19.2. The molecule has 3 rings (SSSR count). The maximum absolute atomic E-state index is 13.3. The van der Waals surface area contributed by atoms with E-state index in [0.29, 0.717) is 24.5 Å². The van der Waals surface area contributed by atoms with Crippen molar-refractivity contribution in [2.75, 3.05) is 25.0 Å². The maximum atomic E-state index is 13.3. The summed E-state index contributed by atoms with van der Waals surface area (Å²) in [6, 6.07) is 10.5. The van der Waals surface area contributed by atoms with E-state index in [2.05, 4.69) is 5.32 Å². The van der Waals surface area contributed by atoms with Crippen molar-refractivity contribution in [3.8, 4) is 5.75 Å². The first-order chi connectivity index (χ1) is 13.5. The van der Waals surface area contributed by atoms with Crippen LogP contribution >= 0.6 is 0 Å². The quantitative estimate of drug-likeness (QED) is 0.789. The molecule has 0 spiro atoms. The Balaban J connectivity index is 0.00000136. The van der Waals surface area contributed by atoms with Gasteiger partial charge in [-0.1, -0.05) is 26.0 Å². The Bertz CT molecular complexity index is 769. The summed E-state index contributed by atoms with van der Waals surface area (Å²) < 4.78 is 31.7. The number of hydrogen-bond acceptors (Lipinski definition) is 4. The van der Waals surface area contributed by atoms with Crippen LogP contribution in [0.15, 0.2) is 42.5 Å². The van der Waals surface area contributed by atoms with Crippen LogP contribution in [0.2, 0.25) is 0 Å². The number of carbonyl (C=O) groups is 1. The summed E-state index contributed by atoms with van der Waals surface area (Å²) in [4.78, 5) is 13.9. The SMILES string of the molecule is CC.O=C(COc1ccc(CO)cc1)N1CCC(Nc2ccc(F)c(F)c2)C1. The Morgan fingerprint density at radius 1 is 1.18 bits per heavy atom. The predicted molar refractivity (Wildman–Crippen MR) is 104 cm³/mol. The second-order valence-corrected chi connectivity index (χ2v) is 6.19. The molecule has 1 fully saturated rings. The van der Waals surface area contributed by atoms with E-state index in [1.807, 2.05) is 13.8 Å². The van der Waals surface area contributed by atoms with Gasteiger partial charge >= 0.3 is 0 Å². The summed E-state index contributed by atoms with van der Waals surface area (Å²) in [7, 11) is 0. The van der Waals surface area contributed by atoms with Crippen LogP contribution in [0.25, 0.3) is 0 Å². The summed E-state index contributed by atoms with van der Waals surface area (Å²) in [5.41, 5.74) is 1.26. The minimum absolute atomic E-state index is 0.0207. The Morgan fingerprint density at radius 3 is 2.54 bits per heavy atom. The first kappa shape index (κ1) is 21.6. The van der Waals surface area contributed by atoms with E-state index in [-0.39, 0.29) is 25.2 Å². The molecule has 28 heavy (non-hydrogen) atoms. The van der Waals surface area contributed by atoms with Crippen molar-refractivity contribution in [2.24, 2.45) is 0 Å². The molecule has 0 aromatic heterocycles. The lowest BCUT2D eigenvalue weighted by molar-refractivity contribution is -0.132. The third-order valence-corrected chi connectivity index (χ3v) is 4.30. The summed E-state index contributed by atoms with van der Waals surface area (Å²) in [6.45, 7) is 4.94. The number of hydrogen-bond donors (Lipinski definition) is 2. The number of halogens is 2. The fraction of sp³-hybridized carbons (Fsp3) is 0.381. The maximum Gasteiger partial charge on any atom is 0.260 e. The number of carbonyl (C=O) groups excluding carboxylic acids is 1. The number of nitrogens with zero attached hydrogens (tertiary/aromatic N) is 1. The van der Waals surface area contributed by atoms with Gasteiger partial charge in [0, 0.05) is 30.9 Å². The highest BCUT2D eigenvalue weighted by Crippen LogP contribution is 2.19. The molecule has 7 heteroatoms. The molecule has 1 atom stereocenters. The number of benzene rings is 2. The fourth-order valence-electron chi connectivity index (χ4n) is 2.85. The minimum atomic E-state index is -0.901. The van der Waals surface area contributed by atoms with Crippen LogP contribution in [0.4, 0.5) is 14.5 Å². The normalized spacial score (nSPS) is 15.6. The van der Waals surface area contributed by atoms with Crippen LogP contribution in [0.1, 0.15) is 25.8 Å². The lowest BCUT2D eigenvalue weighted by atomic mass is 10.2. The average molecular weight is 392 g/mol. The number of aliphatic hydroxyl groups is 1. The average Bonchev–Trinajstić information content (AvgIpc) is 3.19. The lowest BCUT2D eigenvalue weighted by Crippen LogP contribution is -2.35. The van der Waals surface area contributed by atoms with E-state index in [9.17, 15) is 13.6 Å². The molecular weight excluding hydrogens is 366 g/mol. The van der Waals surface area contributed by atoms with Crippen LogP contribution < -0.4 is 10.1 Å². The van der Waals surface area contributed by atoms with Gasteiger partial charge in [-0.05, 0) is 36.2 Å². The Morgan fingerprint density at radius 2 is 1.89 bits per heavy atom. The summed E-state index contributed by atoms with van der Waals surface area (Å²) in [6.07, 6.45) is 0.718. The fourth-order valence-corrected chi connectivity index (χ4v) is 2.85. The van der Waals surface area contributed by atoms with E-state index in [4.69, 9.17) is 9.84 Å². The van der Waals surface area contributed by atoms with Gasteiger partial charge in [-0.15, -0.1) is 0 Å². The zero-order valence-electron chi connectivity index (χ0n) is 16.1. The van der Waals surface area contributed by atoms with Crippen molar-refractivity contribution >= 4 is 11.6 Å². The van der Waals surface area contributed by atoms with Crippen molar-refractivity contribution in [3.63, 3.8) is 0 Å².